The molecule has 1 unspecified atom stereocenters. The second-order valence-corrected chi connectivity index (χ2v) is 5.63. The van der Waals surface area contributed by atoms with Gasteiger partial charge in [-0.25, -0.2) is 4.98 Å². The molecular weight excluding hydrogens is 258 g/mol. The number of pyridine rings is 1. The molecule has 0 saturated carbocycles. The molecule has 1 heterocycles. The highest BCUT2D eigenvalue weighted by atomic mass is 16.2. The van der Waals surface area contributed by atoms with Crippen LogP contribution in [0.1, 0.15) is 38.1 Å². The van der Waals surface area contributed by atoms with E-state index >= 15 is 0 Å². The van der Waals surface area contributed by atoms with Gasteiger partial charge in [-0.1, -0.05) is 0 Å². The zero-order valence-electron chi connectivity index (χ0n) is 12.2. The summed E-state index contributed by atoms with van der Waals surface area (Å²) in [6.45, 7) is 7.32. The van der Waals surface area contributed by atoms with Gasteiger partial charge in [-0.15, -0.1) is 0 Å². The van der Waals surface area contributed by atoms with Crippen molar-refractivity contribution in [3.63, 3.8) is 0 Å². The SMILES string of the molecule is CC(Nc1ncc(N)cc1C(N)=O)C(=O)NC(C)(C)C. The monoisotopic (exact) mass is 279 g/mol. The van der Waals surface area contributed by atoms with Crippen molar-refractivity contribution in [2.24, 2.45) is 5.73 Å². The molecule has 1 aromatic rings. The molecule has 0 saturated heterocycles. The number of aromatic nitrogens is 1. The first kappa shape index (κ1) is 15.7. The average Bonchev–Trinajstić information content (AvgIpc) is 2.28. The summed E-state index contributed by atoms with van der Waals surface area (Å²) in [5, 5.41) is 5.69. The van der Waals surface area contributed by atoms with E-state index < -0.39 is 11.9 Å². The fraction of sp³-hybridized carbons (Fsp3) is 0.462. The Morgan fingerprint density at radius 2 is 1.95 bits per heavy atom. The molecule has 110 valence electrons. The number of primary amides is 1. The lowest BCUT2D eigenvalue weighted by Crippen LogP contribution is -2.47. The van der Waals surface area contributed by atoms with Crippen molar-refractivity contribution >= 4 is 23.3 Å². The van der Waals surface area contributed by atoms with Gasteiger partial charge in [0.1, 0.15) is 11.9 Å². The maximum absolute atomic E-state index is 12.0. The Bertz CT molecular complexity index is 522. The van der Waals surface area contributed by atoms with Gasteiger partial charge >= 0.3 is 0 Å². The lowest BCUT2D eigenvalue weighted by atomic mass is 10.1. The van der Waals surface area contributed by atoms with Gasteiger partial charge in [0, 0.05) is 5.54 Å². The van der Waals surface area contributed by atoms with E-state index in [0.29, 0.717) is 5.69 Å². The van der Waals surface area contributed by atoms with E-state index in [1.807, 2.05) is 20.8 Å². The highest BCUT2D eigenvalue weighted by molar-refractivity contribution is 5.99. The summed E-state index contributed by atoms with van der Waals surface area (Å²) >= 11 is 0. The van der Waals surface area contributed by atoms with Crippen LogP contribution in [0.15, 0.2) is 12.3 Å². The first-order valence-corrected chi connectivity index (χ1v) is 6.24. The Labute approximate surface area is 118 Å². The van der Waals surface area contributed by atoms with Crippen LogP contribution in [-0.2, 0) is 4.79 Å². The highest BCUT2D eigenvalue weighted by Crippen LogP contribution is 2.16. The standard InChI is InChI=1S/C13H21N5O2/c1-7(12(20)18-13(2,3)4)17-11-9(10(15)19)5-8(14)6-16-11/h5-7H,14H2,1-4H3,(H2,15,19)(H,16,17)(H,18,20). The molecule has 0 aliphatic heterocycles. The number of carbonyl (C=O) groups excluding carboxylic acids is 2. The van der Waals surface area contributed by atoms with Gasteiger partial charge in [0.25, 0.3) is 5.91 Å². The fourth-order valence-electron chi connectivity index (χ4n) is 1.53. The normalized spacial score (nSPS) is 12.6. The van der Waals surface area contributed by atoms with Crippen molar-refractivity contribution in [1.82, 2.24) is 10.3 Å². The zero-order chi connectivity index (χ0) is 15.5. The first-order chi connectivity index (χ1) is 9.10. The number of nitrogens with zero attached hydrogens (tertiary/aromatic N) is 1. The Morgan fingerprint density at radius 3 is 2.45 bits per heavy atom. The molecule has 1 rings (SSSR count). The Hall–Kier alpha value is -2.31. The van der Waals surface area contributed by atoms with E-state index in [1.165, 1.54) is 12.3 Å². The van der Waals surface area contributed by atoms with Crippen molar-refractivity contribution in [2.45, 2.75) is 39.3 Å². The van der Waals surface area contributed by atoms with Gasteiger partial charge in [0.05, 0.1) is 17.4 Å². The zero-order valence-corrected chi connectivity index (χ0v) is 12.2. The summed E-state index contributed by atoms with van der Waals surface area (Å²) in [6, 6.07) is 0.856. The molecule has 2 amide bonds. The van der Waals surface area contributed by atoms with Crippen LogP contribution in [0.2, 0.25) is 0 Å². The van der Waals surface area contributed by atoms with E-state index in [1.54, 1.807) is 6.92 Å². The van der Waals surface area contributed by atoms with Crippen molar-refractivity contribution < 1.29 is 9.59 Å². The minimum absolute atomic E-state index is 0.153. The van der Waals surface area contributed by atoms with Crippen LogP contribution in [0.25, 0.3) is 0 Å². The van der Waals surface area contributed by atoms with E-state index in [2.05, 4.69) is 15.6 Å². The van der Waals surface area contributed by atoms with Gasteiger partial charge < -0.3 is 22.1 Å². The molecule has 0 aliphatic rings. The maximum Gasteiger partial charge on any atom is 0.252 e. The average molecular weight is 279 g/mol. The van der Waals surface area contributed by atoms with Crippen LogP contribution < -0.4 is 22.1 Å². The lowest BCUT2D eigenvalue weighted by Gasteiger charge is -2.24. The molecule has 0 radical (unpaired) electrons. The summed E-state index contributed by atoms with van der Waals surface area (Å²) < 4.78 is 0. The van der Waals surface area contributed by atoms with Gasteiger partial charge in [-0.05, 0) is 33.8 Å². The highest BCUT2D eigenvalue weighted by Gasteiger charge is 2.21. The van der Waals surface area contributed by atoms with Crippen molar-refractivity contribution in [3.05, 3.63) is 17.8 Å². The molecule has 0 spiro atoms. The molecule has 0 bridgehead atoms. The Balaban J connectivity index is 2.88. The topological polar surface area (TPSA) is 123 Å². The molecule has 6 N–H and O–H groups in total. The Kier molecular flexibility index (Phi) is 4.54. The van der Waals surface area contributed by atoms with Gasteiger partial charge in [-0.2, -0.15) is 0 Å². The number of nitrogens with two attached hydrogens (primary N) is 2. The van der Waals surface area contributed by atoms with E-state index in [0.717, 1.165) is 0 Å². The molecule has 1 atom stereocenters. The molecule has 0 aliphatic carbocycles. The summed E-state index contributed by atoms with van der Waals surface area (Å²) in [5.41, 5.74) is 11.0. The predicted octanol–water partition coefficient (Wildman–Crippen LogP) is 0.478. The quantitative estimate of drug-likeness (QED) is 0.638. The van der Waals surface area contributed by atoms with Crippen LogP contribution in [0.3, 0.4) is 0 Å². The van der Waals surface area contributed by atoms with Crippen LogP contribution in [0, 0.1) is 0 Å². The van der Waals surface area contributed by atoms with Crippen molar-refractivity contribution in [1.29, 1.82) is 0 Å². The van der Waals surface area contributed by atoms with Crippen LogP contribution in [-0.4, -0.2) is 28.4 Å². The number of rotatable bonds is 4. The largest absolute Gasteiger partial charge is 0.397 e. The second-order valence-electron chi connectivity index (χ2n) is 5.63. The number of anilines is 2. The smallest absolute Gasteiger partial charge is 0.252 e. The van der Waals surface area contributed by atoms with Gasteiger partial charge in [0.15, 0.2) is 0 Å². The summed E-state index contributed by atoms with van der Waals surface area (Å²) in [6.07, 6.45) is 1.39. The van der Waals surface area contributed by atoms with E-state index in [-0.39, 0.29) is 22.8 Å². The minimum Gasteiger partial charge on any atom is -0.397 e. The van der Waals surface area contributed by atoms with Crippen LogP contribution in [0.5, 0.6) is 0 Å². The van der Waals surface area contributed by atoms with Gasteiger partial charge in [-0.3, -0.25) is 9.59 Å². The second kappa shape index (κ2) is 5.77. The van der Waals surface area contributed by atoms with Crippen molar-refractivity contribution in [2.75, 3.05) is 11.1 Å². The number of hydrogen-bond donors (Lipinski definition) is 4. The molecule has 0 fully saturated rings. The lowest BCUT2D eigenvalue weighted by molar-refractivity contribution is -0.122. The van der Waals surface area contributed by atoms with Crippen LogP contribution >= 0.6 is 0 Å². The molecule has 7 heteroatoms. The third-order valence-electron chi connectivity index (χ3n) is 2.42. The Morgan fingerprint density at radius 1 is 1.35 bits per heavy atom. The number of amides is 2. The number of hydrogen-bond acceptors (Lipinski definition) is 5. The maximum atomic E-state index is 12.0. The molecule has 1 aromatic heterocycles. The molecule has 0 aromatic carbocycles. The fourth-order valence-corrected chi connectivity index (χ4v) is 1.53. The molecule has 7 nitrogen and oxygen atoms in total. The number of nitrogen functional groups attached to an aromatic ring is 1. The van der Waals surface area contributed by atoms with E-state index in [9.17, 15) is 9.59 Å². The van der Waals surface area contributed by atoms with E-state index in [4.69, 9.17) is 11.5 Å². The van der Waals surface area contributed by atoms with Gasteiger partial charge in [0.2, 0.25) is 5.91 Å². The van der Waals surface area contributed by atoms with Crippen LogP contribution in [0.4, 0.5) is 11.5 Å². The number of nitrogens with one attached hydrogen (secondary N) is 2. The third kappa shape index (κ3) is 4.42. The number of carbonyl (C=O) groups is 2. The van der Waals surface area contributed by atoms with Crippen molar-refractivity contribution in [3.8, 4) is 0 Å². The predicted molar refractivity (Wildman–Crippen MR) is 78.1 cm³/mol. The molecular formula is C13H21N5O2. The summed E-state index contributed by atoms with van der Waals surface area (Å²) in [5.74, 6) is -0.620. The first-order valence-electron chi connectivity index (χ1n) is 6.24. The minimum atomic E-state index is -0.657. The third-order valence-corrected chi connectivity index (χ3v) is 2.42. The molecule has 20 heavy (non-hydrogen) atoms. The summed E-state index contributed by atoms with van der Waals surface area (Å²) in [4.78, 5) is 27.3. The summed E-state index contributed by atoms with van der Waals surface area (Å²) in [7, 11) is 0.